The van der Waals surface area contributed by atoms with Crippen molar-refractivity contribution in [3.63, 3.8) is 0 Å². The van der Waals surface area contributed by atoms with Crippen molar-refractivity contribution in [1.82, 2.24) is 4.90 Å². The van der Waals surface area contributed by atoms with E-state index in [0.29, 0.717) is 36.7 Å². The van der Waals surface area contributed by atoms with Crippen molar-refractivity contribution < 1.29 is 9.59 Å². The summed E-state index contributed by atoms with van der Waals surface area (Å²) in [5, 5.41) is 5.79. The predicted octanol–water partition coefficient (Wildman–Crippen LogP) is 5.78. The number of urea groups is 2. The summed E-state index contributed by atoms with van der Waals surface area (Å²) in [4.78, 5) is 29.6. The zero-order valence-corrected chi connectivity index (χ0v) is 18.5. The molecule has 0 unspecified atom stereocenters. The number of carbonyl (C=O) groups is 2. The lowest BCUT2D eigenvalue weighted by atomic mass is 10.1. The lowest BCUT2D eigenvalue weighted by molar-refractivity contribution is 0.192. The highest BCUT2D eigenvalue weighted by Crippen LogP contribution is 2.30. The highest BCUT2D eigenvalue weighted by molar-refractivity contribution is 6.04. The van der Waals surface area contributed by atoms with Gasteiger partial charge in [-0.15, -0.1) is 0 Å². The molecule has 1 aliphatic rings. The molecule has 6 heteroatoms. The molecule has 0 bridgehead atoms. The molecule has 32 heavy (non-hydrogen) atoms. The standard InChI is InChI=1S/C26H28N4O2/c1-19-9-12-22(13-10-19)27-25(31)28-23-17-20(2)11-14-24(23)30-16-6-15-29(26(30)32)18-21-7-4-3-5-8-21/h3-5,7-14,17H,6,15-16,18H2,1-2H3,(H2,27,28,31). The van der Waals surface area contributed by atoms with Crippen molar-refractivity contribution in [1.29, 1.82) is 0 Å². The molecule has 0 aromatic heterocycles. The maximum Gasteiger partial charge on any atom is 0.324 e. The van der Waals surface area contributed by atoms with Crippen molar-refractivity contribution >= 4 is 29.1 Å². The number of nitrogens with one attached hydrogen (secondary N) is 2. The number of amides is 4. The van der Waals surface area contributed by atoms with E-state index in [9.17, 15) is 9.59 Å². The molecule has 164 valence electrons. The molecule has 2 N–H and O–H groups in total. The molecule has 6 nitrogen and oxygen atoms in total. The lowest BCUT2D eigenvalue weighted by Crippen LogP contribution is -2.49. The predicted molar refractivity (Wildman–Crippen MR) is 129 cm³/mol. The fraction of sp³-hybridized carbons (Fsp3) is 0.231. The largest absolute Gasteiger partial charge is 0.324 e. The summed E-state index contributed by atoms with van der Waals surface area (Å²) in [6.45, 7) is 5.86. The highest BCUT2D eigenvalue weighted by Gasteiger charge is 2.28. The van der Waals surface area contributed by atoms with Gasteiger partial charge in [-0.1, -0.05) is 54.1 Å². The van der Waals surface area contributed by atoms with Crippen LogP contribution < -0.4 is 15.5 Å². The third-order valence-electron chi connectivity index (χ3n) is 5.53. The summed E-state index contributed by atoms with van der Waals surface area (Å²) in [5.41, 5.74) is 5.26. The SMILES string of the molecule is Cc1ccc(NC(=O)Nc2cc(C)ccc2N2CCCN(Cc3ccccc3)C2=O)cc1. The van der Waals surface area contributed by atoms with E-state index >= 15 is 0 Å². The highest BCUT2D eigenvalue weighted by atomic mass is 16.2. The van der Waals surface area contributed by atoms with E-state index < -0.39 is 0 Å². The van der Waals surface area contributed by atoms with Crippen LogP contribution in [-0.4, -0.2) is 30.1 Å². The molecule has 0 radical (unpaired) electrons. The van der Waals surface area contributed by atoms with Crippen molar-refractivity contribution in [3.05, 3.63) is 89.5 Å². The third-order valence-corrected chi connectivity index (χ3v) is 5.53. The van der Waals surface area contributed by atoms with Gasteiger partial charge in [-0.25, -0.2) is 9.59 Å². The van der Waals surface area contributed by atoms with Gasteiger partial charge in [0.1, 0.15) is 0 Å². The molecule has 4 rings (SSSR count). The Balaban J connectivity index is 1.52. The van der Waals surface area contributed by atoms with Crippen LogP contribution in [0.3, 0.4) is 0 Å². The number of rotatable bonds is 5. The first-order valence-corrected chi connectivity index (χ1v) is 10.9. The Hall–Kier alpha value is -3.80. The molecule has 1 fully saturated rings. The smallest absolute Gasteiger partial charge is 0.320 e. The summed E-state index contributed by atoms with van der Waals surface area (Å²) in [5.74, 6) is 0. The minimum atomic E-state index is -0.341. The van der Waals surface area contributed by atoms with Crippen LogP contribution in [0.4, 0.5) is 26.7 Å². The third kappa shape index (κ3) is 5.09. The van der Waals surface area contributed by atoms with Gasteiger partial charge in [-0.3, -0.25) is 4.90 Å². The number of anilines is 3. The van der Waals surface area contributed by atoms with Crippen LogP contribution in [0, 0.1) is 13.8 Å². The molecule has 1 heterocycles. The summed E-state index contributed by atoms with van der Waals surface area (Å²) < 4.78 is 0. The fourth-order valence-corrected chi connectivity index (χ4v) is 3.86. The van der Waals surface area contributed by atoms with Crippen LogP contribution in [0.25, 0.3) is 0 Å². The molecule has 0 atom stereocenters. The Morgan fingerprint density at radius 2 is 1.59 bits per heavy atom. The minimum Gasteiger partial charge on any atom is -0.320 e. The summed E-state index contributed by atoms with van der Waals surface area (Å²) >= 11 is 0. The molecular formula is C26H28N4O2. The van der Waals surface area contributed by atoms with Crippen LogP contribution in [0.15, 0.2) is 72.8 Å². The lowest BCUT2D eigenvalue weighted by Gasteiger charge is -2.36. The topological polar surface area (TPSA) is 64.7 Å². The van der Waals surface area contributed by atoms with Crippen LogP contribution in [0.1, 0.15) is 23.1 Å². The van der Waals surface area contributed by atoms with Crippen LogP contribution in [0.2, 0.25) is 0 Å². The zero-order valence-electron chi connectivity index (χ0n) is 18.5. The van der Waals surface area contributed by atoms with E-state index in [2.05, 4.69) is 10.6 Å². The number of benzene rings is 3. The maximum absolute atomic E-state index is 13.3. The molecular weight excluding hydrogens is 400 g/mol. The second-order valence-corrected chi connectivity index (χ2v) is 8.16. The molecule has 0 spiro atoms. The molecule has 1 aliphatic heterocycles. The van der Waals surface area contributed by atoms with Gasteiger partial charge in [0.25, 0.3) is 0 Å². The van der Waals surface area contributed by atoms with Gasteiger partial charge in [-0.2, -0.15) is 0 Å². The van der Waals surface area contributed by atoms with Gasteiger partial charge >= 0.3 is 12.1 Å². The van der Waals surface area contributed by atoms with E-state index in [1.807, 2.05) is 91.5 Å². The second kappa shape index (κ2) is 9.56. The quantitative estimate of drug-likeness (QED) is 0.541. The number of aryl methyl sites for hydroxylation is 2. The fourth-order valence-electron chi connectivity index (χ4n) is 3.86. The molecule has 3 aromatic rings. The number of nitrogens with zero attached hydrogens (tertiary/aromatic N) is 2. The van der Waals surface area contributed by atoms with Crippen molar-refractivity contribution in [3.8, 4) is 0 Å². The zero-order chi connectivity index (χ0) is 22.5. The monoisotopic (exact) mass is 428 g/mol. The van der Waals surface area contributed by atoms with Crippen LogP contribution >= 0.6 is 0 Å². The van der Waals surface area contributed by atoms with E-state index in [-0.39, 0.29) is 12.1 Å². The van der Waals surface area contributed by atoms with Crippen LogP contribution in [0.5, 0.6) is 0 Å². The normalized spacial score (nSPS) is 13.8. The molecule has 4 amide bonds. The Labute approximate surface area is 188 Å². The number of hydrogen-bond donors (Lipinski definition) is 2. The number of carbonyl (C=O) groups excluding carboxylic acids is 2. The average Bonchev–Trinajstić information content (AvgIpc) is 2.78. The van der Waals surface area contributed by atoms with Gasteiger partial charge < -0.3 is 15.5 Å². The average molecular weight is 429 g/mol. The van der Waals surface area contributed by atoms with E-state index in [1.165, 1.54) is 0 Å². The van der Waals surface area contributed by atoms with E-state index in [4.69, 9.17) is 0 Å². The van der Waals surface area contributed by atoms with Crippen molar-refractivity contribution in [2.24, 2.45) is 0 Å². The maximum atomic E-state index is 13.3. The Kier molecular flexibility index (Phi) is 6.40. The van der Waals surface area contributed by atoms with Gasteiger partial charge in [0.05, 0.1) is 11.4 Å². The van der Waals surface area contributed by atoms with Crippen molar-refractivity contribution in [2.75, 3.05) is 28.6 Å². The van der Waals surface area contributed by atoms with Gasteiger partial charge in [-0.05, 0) is 55.7 Å². The molecule has 0 saturated carbocycles. The Morgan fingerprint density at radius 3 is 2.34 bits per heavy atom. The Bertz CT molecular complexity index is 1100. The summed E-state index contributed by atoms with van der Waals surface area (Å²) in [6, 6.07) is 23.0. The Morgan fingerprint density at radius 1 is 0.875 bits per heavy atom. The van der Waals surface area contributed by atoms with Gasteiger partial charge in [0.15, 0.2) is 0 Å². The van der Waals surface area contributed by atoms with E-state index in [1.54, 1.807) is 4.90 Å². The van der Waals surface area contributed by atoms with E-state index in [0.717, 1.165) is 23.1 Å². The second-order valence-electron chi connectivity index (χ2n) is 8.16. The summed E-state index contributed by atoms with van der Waals surface area (Å²) in [6.07, 6.45) is 0.863. The van der Waals surface area contributed by atoms with Crippen molar-refractivity contribution in [2.45, 2.75) is 26.8 Å². The first-order chi connectivity index (χ1) is 15.5. The summed E-state index contributed by atoms with van der Waals surface area (Å²) in [7, 11) is 0. The molecule has 0 aliphatic carbocycles. The van der Waals surface area contributed by atoms with Gasteiger partial charge in [0, 0.05) is 25.3 Å². The first-order valence-electron chi connectivity index (χ1n) is 10.9. The van der Waals surface area contributed by atoms with Crippen LogP contribution in [-0.2, 0) is 6.54 Å². The van der Waals surface area contributed by atoms with Gasteiger partial charge in [0.2, 0.25) is 0 Å². The molecule has 3 aromatic carbocycles. The number of hydrogen-bond acceptors (Lipinski definition) is 2. The molecule has 1 saturated heterocycles. The minimum absolute atomic E-state index is 0.0500. The first kappa shape index (κ1) is 21.4.